The number of amides is 1. The second-order valence-corrected chi connectivity index (χ2v) is 8.07. The molecule has 0 atom stereocenters. The van der Waals surface area contributed by atoms with Gasteiger partial charge in [-0.2, -0.15) is 5.10 Å². The van der Waals surface area contributed by atoms with Crippen molar-refractivity contribution in [1.82, 2.24) is 39.8 Å². The molecule has 3 heterocycles. The number of rotatable bonds is 7. The van der Waals surface area contributed by atoms with E-state index in [4.69, 9.17) is 0 Å². The van der Waals surface area contributed by atoms with E-state index in [1.54, 1.807) is 9.36 Å². The third kappa shape index (κ3) is 4.57. The largest absolute Gasteiger partial charge is 0.334 e. The zero-order valence-corrected chi connectivity index (χ0v) is 16.7. The Bertz CT molecular complexity index is 773. The van der Waals surface area contributed by atoms with Gasteiger partial charge in [0, 0.05) is 31.4 Å². The fourth-order valence-electron chi connectivity index (χ4n) is 4.38. The summed E-state index contributed by atoms with van der Waals surface area (Å²) in [6.07, 6.45) is 12.1. The Morgan fingerprint density at radius 2 is 1.96 bits per heavy atom. The van der Waals surface area contributed by atoms with Crippen molar-refractivity contribution in [1.29, 1.82) is 0 Å². The van der Waals surface area contributed by atoms with Crippen molar-refractivity contribution in [3.63, 3.8) is 0 Å². The van der Waals surface area contributed by atoms with Gasteiger partial charge in [0.25, 0.3) is 0 Å². The first-order valence-corrected chi connectivity index (χ1v) is 10.4. The molecule has 2 aromatic rings. The van der Waals surface area contributed by atoms with Crippen LogP contribution in [0.25, 0.3) is 0 Å². The predicted octanol–water partition coefficient (Wildman–Crippen LogP) is 1.36. The number of likely N-dealkylation sites (tertiary alicyclic amines) is 1. The summed E-state index contributed by atoms with van der Waals surface area (Å²) < 4.78 is 3.47. The summed E-state index contributed by atoms with van der Waals surface area (Å²) in [4.78, 5) is 17.7. The van der Waals surface area contributed by atoms with E-state index in [0.717, 1.165) is 37.3 Å². The van der Waals surface area contributed by atoms with Gasteiger partial charge in [-0.05, 0) is 49.2 Å². The molecular formula is C19H30N8O. The maximum atomic E-state index is 13.3. The van der Waals surface area contributed by atoms with Crippen LogP contribution >= 0.6 is 0 Å². The highest BCUT2D eigenvalue weighted by molar-refractivity contribution is 5.76. The van der Waals surface area contributed by atoms with E-state index >= 15 is 0 Å². The molecule has 152 valence electrons. The molecule has 1 saturated heterocycles. The van der Waals surface area contributed by atoms with Crippen LogP contribution in [0.4, 0.5) is 0 Å². The smallest absolute Gasteiger partial charge is 0.245 e. The Balaban J connectivity index is 1.46. The van der Waals surface area contributed by atoms with Crippen LogP contribution in [0.3, 0.4) is 0 Å². The maximum Gasteiger partial charge on any atom is 0.245 e. The number of hydrogen-bond acceptors (Lipinski definition) is 6. The number of carbonyl (C=O) groups is 1. The number of nitrogens with zero attached hydrogens (tertiary/aromatic N) is 8. The molecule has 2 aromatic heterocycles. The van der Waals surface area contributed by atoms with E-state index in [1.165, 1.54) is 32.1 Å². The standard InChI is InChI=1S/C19H30N8O/c1-24-12-16(11-20-24)13-26(17-7-3-2-4-8-17)19(28)15-27-18(21-22-23-27)14-25-9-5-6-10-25/h11-12,17H,2-10,13-15H2,1H3. The van der Waals surface area contributed by atoms with E-state index in [2.05, 4.69) is 25.5 Å². The van der Waals surface area contributed by atoms with Crippen molar-refractivity contribution in [2.24, 2.45) is 7.05 Å². The van der Waals surface area contributed by atoms with E-state index in [-0.39, 0.29) is 12.5 Å². The maximum absolute atomic E-state index is 13.3. The molecular weight excluding hydrogens is 356 g/mol. The molecule has 0 spiro atoms. The third-order valence-corrected chi connectivity index (χ3v) is 5.90. The number of aromatic nitrogens is 6. The molecule has 0 radical (unpaired) electrons. The summed E-state index contributed by atoms with van der Waals surface area (Å²) in [6.45, 7) is 3.67. The lowest BCUT2D eigenvalue weighted by Gasteiger charge is -2.34. The molecule has 28 heavy (non-hydrogen) atoms. The van der Waals surface area contributed by atoms with Gasteiger partial charge in [-0.1, -0.05) is 19.3 Å². The molecule has 9 nitrogen and oxygen atoms in total. The van der Waals surface area contributed by atoms with Crippen LogP contribution in [0.5, 0.6) is 0 Å². The Kier molecular flexibility index (Phi) is 5.99. The topological polar surface area (TPSA) is 85.0 Å². The Morgan fingerprint density at radius 1 is 1.18 bits per heavy atom. The average molecular weight is 387 g/mol. The second-order valence-electron chi connectivity index (χ2n) is 8.07. The van der Waals surface area contributed by atoms with Crippen LogP contribution in [0.1, 0.15) is 56.3 Å². The van der Waals surface area contributed by atoms with E-state index < -0.39 is 0 Å². The highest BCUT2D eigenvalue weighted by Crippen LogP contribution is 2.24. The van der Waals surface area contributed by atoms with Crippen LogP contribution in [-0.4, -0.2) is 64.8 Å². The molecule has 1 amide bonds. The normalized spacial score (nSPS) is 18.6. The fourth-order valence-corrected chi connectivity index (χ4v) is 4.38. The van der Waals surface area contributed by atoms with Crippen LogP contribution in [0.2, 0.25) is 0 Å². The molecule has 9 heteroatoms. The van der Waals surface area contributed by atoms with E-state index in [1.807, 2.05) is 24.3 Å². The molecule has 0 N–H and O–H groups in total. The second kappa shape index (κ2) is 8.81. The summed E-state index contributed by atoms with van der Waals surface area (Å²) in [5, 5.41) is 16.4. The summed E-state index contributed by atoms with van der Waals surface area (Å²) in [7, 11) is 1.90. The van der Waals surface area contributed by atoms with Crippen LogP contribution < -0.4 is 0 Å². The lowest BCUT2D eigenvalue weighted by molar-refractivity contribution is -0.136. The number of tetrazole rings is 1. The van der Waals surface area contributed by atoms with Crippen molar-refractivity contribution in [2.75, 3.05) is 13.1 Å². The molecule has 1 aliphatic carbocycles. The van der Waals surface area contributed by atoms with Gasteiger partial charge in [-0.15, -0.1) is 5.10 Å². The van der Waals surface area contributed by atoms with Crippen LogP contribution in [-0.2, 0) is 31.5 Å². The van der Waals surface area contributed by atoms with E-state index in [0.29, 0.717) is 19.1 Å². The first-order chi connectivity index (χ1) is 13.7. The quantitative estimate of drug-likeness (QED) is 0.714. The summed E-state index contributed by atoms with van der Waals surface area (Å²) in [5.74, 6) is 0.867. The molecule has 2 fully saturated rings. The summed E-state index contributed by atoms with van der Waals surface area (Å²) >= 11 is 0. The van der Waals surface area contributed by atoms with Gasteiger partial charge < -0.3 is 4.90 Å². The zero-order chi connectivity index (χ0) is 19.3. The van der Waals surface area contributed by atoms with Crippen molar-refractivity contribution in [3.8, 4) is 0 Å². The minimum Gasteiger partial charge on any atom is -0.334 e. The first-order valence-electron chi connectivity index (χ1n) is 10.4. The van der Waals surface area contributed by atoms with Gasteiger partial charge in [-0.25, -0.2) is 4.68 Å². The summed E-state index contributed by atoms with van der Waals surface area (Å²) in [5.41, 5.74) is 1.07. The number of carbonyl (C=O) groups excluding carboxylic acids is 1. The molecule has 0 aromatic carbocycles. The Morgan fingerprint density at radius 3 is 2.68 bits per heavy atom. The fraction of sp³-hybridized carbons (Fsp3) is 0.737. The zero-order valence-electron chi connectivity index (χ0n) is 16.7. The number of hydrogen-bond donors (Lipinski definition) is 0. The molecule has 1 aliphatic heterocycles. The van der Waals surface area contributed by atoms with Gasteiger partial charge in [0.05, 0.1) is 12.7 Å². The van der Waals surface area contributed by atoms with Gasteiger partial charge in [0.2, 0.25) is 5.91 Å². The van der Waals surface area contributed by atoms with Crippen LogP contribution in [0.15, 0.2) is 12.4 Å². The minimum atomic E-state index is 0.0886. The average Bonchev–Trinajstić information content (AvgIpc) is 3.45. The number of aryl methyl sites for hydroxylation is 1. The molecule has 1 saturated carbocycles. The predicted molar refractivity (Wildman–Crippen MR) is 103 cm³/mol. The SMILES string of the molecule is Cn1cc(CN(C(=O)Cn2nnnc2CN2CCCC2)C2CCCCC2)cn1. The van der Waals surface area contributed by atoms with Gasteiger partial charge in [0.1, 0.15) is 6.54 Å². The molecule has 0 bridgehead atoms. The Labute approximate surface area is 165 Å². The molecule has 0 unspecified atom stereocenters. The minimum absolute atomic E-state index is 0.0886. The highest BCUT2D eigenvalue weighted by atomic mass is 16.2. The van der Waals surface area contributed by atoms with E-state index in [9.17, 15) is 4.79 Å². The first kappa shape index (κ1) is 19.0. The summed E-state index contributed by atoms with van der Waals surface area (Å²) in [6, 6.07) is 0.292. The monoisotopic (exact) mass is 386 g/mol. The highest BCUT2D eigenvalue weighted by Gasteiger charge is 2.27. The van der Waals surface area contributed by atoms with Gasteiger partial charge in [-0.3, -0.25) is 14.4 Å². The van der Waals surface area contributed by atoms with Crippen molar-refractivity contribution in [2.45, 2.75) is 70.6 Å². The molecule has 2 aliphatic rings. The van der Waals surface area contributed by atoms with Gasteiger partial charge in [0.15, 0.2) is 5.82 Å². The van der Waals surface area contributed by atoms with Crippen molar-refractivity contribution in [3.05, 3.63) is 23.8 Å². The van der Waals surface area contributed by atoms with Crippen LogP contribution in [0, 0.1) is 0 Å². The van der Waals surface area contributed by atoms with Crippen molar-refractivity contribution < 1.29 is 4.79 Å². The lowest BCUT2D eigenvalue weighted by atomic mass is 9.94. The van der Waals surface area contributed by atoms with Crippen molar-refractivity contribution >= 4 is 5.91 Å². The third-order valence-electron chi connectivity index (χ3n) is 5.90. The molecule has 4 rings (SSSR count). The Hall–Kier alpha value is -2.29. The van der Waals surface area contributed by atoms with Gasteiger partial charge >= 0.3 is 0 Å². The lowest BCUT2D eigenvalue weighted by Crippen LogP contribution is -2.43.